The van der Waals surface area contributed by atoms with Crippen LogP contribution in [0.5, 0.6) is 0 Å². The van der Waals surface area contributed by atoms with Crippen molar-refractivity contribution in [1.29, 1.82) is 0 Å². The second-order valence-corrected chi connectivity index (χ2v) is 10.4. The van der Waals surface area contributed by atoms with Crippen molar-refractivity contribution in [3.8, 4) is 0 Å². The first kappa shape index (κ1) is 26.0. The molecule has 1 aliphatic heterocycles. The molecule has 0 aliphatic carbocycles. The Morgan fingerprint density at radius 2 is 1.71 bits per heavy atom. The molecule has 1 aliphatic rings. The number of benzene rings is 2. The minimum absolute atomic E-state index is 0.108. The molecular weight excluding hydrogens is 418 g/mol. The van der Waals surface area contributed by atoms with E-state index in [9.17, 15) is 4.79 Å². The van der Waals surface area contributed by atoms with Crippen LogP contribution in [0.4, 0.5) is 5.69 Å². The number of anilines is 1. The molecule has 0 radical (unpaired) electrons. The van der Waals surface area contributed by atoms with Crippen LogP contribution >= 0.6 is 0 Å². The van der Waals surface area contributed by atoms with E-state index in [0.717, 1.165) is 51.7 Å². The number of amides is 1. The van der Waals surface area contributed by atoms with Gasteiger partial charge in [0.05, 0.1) is 6.04 Å². The van der Waals surface area contributed by atoms with Crippen molar-refractivity contribution in [2.24, 2.45) is 11.7 Å². The number of nitrogens with zero attached hydrogens (tertiary/aromatic N) is 2. The fourth-order valence-electron chi connectivity index (χ4n) is 4.79. The summed E-state index contributed by atoms with van der Waals surface area (Å²) in [6.45, 7) is 11.0. The Hall–Kier alpha value is -2.59. The summed E-state index contributed by atoms with van der Waals surface area (Å²) in [5, 5.41) is 0. The summed E-state index contributed by atoms with van der Waals surface area (Å²) in [6, 6.07) is 19.6. The van der Waals surface area contributed by atoms with Gasteiger partial charge in [0.25, 0.3) is 0 Å². The van der Waals surface area contributed by atoms with E-state index >= 15 is 0 Å². The number of carbonyl (C=O) groups is 1. The number of allylic oxidation sites excluding steroid dienone is 1. The third-order valence-corrected chi connectivity index (χ3v) is 6.70. The monoisotopic (exact) mass is 461 g/mol. The zero-order chi connectivity index (χ0) is 24.5. The fraction of sp³-hybridized carbons (Fsp3) is 0.500. The molecule has 184 valence electrons. The van der Waals surface area contributed by atoms with Crippen molar-refractivity contribution in [3.05, 3.63) is 77.4 Å². The number of aryl methyl sites for hydroxylation is 2. The van der Waals surface area contributed by atoms with Gasteiger partial charge in [0.2, 0.25) is 5.91 Å². The maximum atomic E-state index is 13.0. The molecule has 1 amide bonds. The van der Waals surface area contributed by atoms with Gasteiger partial charge in [0, 0.05) is 31.4 Å². The lowest BCUT2D eigenvalue weighted by Crippen LogP contribution is -2.54. The lowest BCUT2D eigenvalue weighted by atomic mass is 9.99. The molecule has 2 aromatic rings. The number of likely N-dealkylation sites (tertiary alicyclic amines) is 1. The molecule has 0 aromatic heterocycles. The van der Waals surface area contributed by atoms with Crippen LogP contribution in [-0.4, -0.2) is 42.5 Å². The average Bonchev–Trinajstić information content (AvgIpc) is 2.83. The highest BCUT2D eigenvalue weighted by atomic mass is 16.2. The number of hydrogen-bond donors (Lipinski definition) is 1. The Bertz CT molecular complexity index is 916. The Morgan fingerprint density at radius 3 is 2.32 bits per heavy atom. The molecule has 4 nitrogen and oxygen atoms in total. The van der Waals surface area contributed by atoms with Gasteiger partial charge >= 0.3 is 0 Å². The number of nitrogens with two attached hydrogens (primary N) is 1. The van der Waals surface area contributed by atoms with Crippen molar-refractivity contribution < 1.29 is 4.79 Å². The van der Waals surface area contributed by atoms with Gasteiger partial charge in [-0.15, -0.1) is 0 Å². The maximum Gasteiger partial charge on any atom is 0.239 e. The van der Waals surface area contributed by atoms with Gasteiger partial charge in [-0.1, -0.05) is 68.0 Å². The topological polar surface area (TPSA) is 49.6 Å². The van der Waals surface area contributed by atoms with E-state index in [0.29, 0.717) is 12.0 Å². The van der Waals surface area contributed by atoms with Crippen LogP contribution < -0.4 is 10.6 Å². The Labute approximate surface area is 206 Å². The summed E-state index contributed by atoms with van der Waals surface area (Å²) in [4.78, 5) is 17.5. The minimum atomic E-state index is -0.395. The van der Waals surface area contributed by atoms with E-state index in [4.69, 9.17) is 5.73 Å². The molecule has 0 bridgehead atoms. The van der Waals surface area contributed by atoms with Gasteiger partial charge in [-0.3, -0.25) is 4.79 Å². The fourth-order valence-corrected chi connectivity index (χ4v) is 4.79. The highest BCUT2D eigenvalue weighted by Crippen LogP contribution is 2.25. The van der Waals surface area contributed by atoms with Crippen LogP contribution in [0, 0.1) is 5.92 Å². The minimum Gasteiger partial charge on any atom is -0.363 e. The molecule has 4 heteroatoms. The second kappa shape index (κ2) is 12.8. The predicted octanol–water partition coefficient (Wildman–Crippen LogP) is 5.61. The lowest BCUT2D eigenvalue weighted by Gasteiger charge is -2.41. The Morgan fingerprint density at radius 1 is 1.06 bits per heavy atom. The number of carbonyl (C=O) groups excluding carboxylic acids is 1. The Kier molecular flexibility index (Phi) is 9.76. The molecule has 1 saturated heterocycles. The van der Waals surface area contributed by atoms with Gasteiger partial charge in [-0.05, 0) is 75.1 Å². The van der Waals surface area contributed by atoms with Crippen molar-refractivity contribution in [2.45, 2.75) is 71.9 Å². The number of hydrogen-bond acceptors (Lipinski definition) is 3. The molecule has 2 N–H and O–H groups in total. The van der Waals surface area contributed by atoms with Crippen LogP contribution in [-0.2, 0) is 17.6 Å². The third-order valence-electron chi connectivity index (χ3n) is 6.70. The van der Waals surface area contributed by atoms with E-state index in [1.165, 1.54) is 22.4 Å². The first-order valence-electron chi connectivity index (χ1n) is 12.9. The van der Waals surface area contributed by atoms with Crippen LogP contribution in [0.2, 0.25) is 0 Å². The predicted molar refractivity (Wildman–Crippen MR) is 144 cm³/mol. The molecule has 34 heavy (non-hydrogen) atoms. The van der Waals surface area contributed by atoms with Crippen LogP contribution in [0.3, 0.4) is 0 Å². The van der Waals surface area contributed by atoms with Crippen LogP contribution in [0.15, 0.2) is 66.2 Å². The zero-order valence-electron chi connectivity index (χ0n) is 21.5. The van der Waals surface area contributed by atoms with Gasteiger partial charge in [-0.2, -0.15) is 0 Å². The smallest absolute Gasteiger partial charge is 0.239 e. The second-order valence-electron chi connectivity index (χ2n) is 10.4. The normalized spacial score (nSPS) is 16.9. The van der Waals surface area contributed by atoms with E-state index < -0.39 is 6.04 Å². The summed E-state index contributed by atoms with van der Waals surface area (Å²) < 4.78 is 0. The average molecular weight is 462 g/mol. The van der Waals surface area contributed by atoms with E-state index in [1.807, 2.05) is 4.90 Å². The highest BCUT2D eigenvalue weighted by Gasteiger charge is 2.30. The zero-order valence-corrected chi connectivity index (χ0v) is 21.5. The van der Waals surface area contributed by atoms with Crippen molar-refractivity contribution in [3.63, 3.8) is 0 Å². The van der Waals surface area contributed by atoms with Crippen molar-refractivity contribution in [2.75, 3.05) is 24.5 Å². The molecule has 0 saturated carbocycles. The molecule has 1 heterocycles. The summed E-state index contributed by atoms with van der Waals surface area (Å²) in [7, 11) is 0. The largest absolute Gasteiger partial charge is 0.363 e. The van der Waals surface area contributed by atoms with Gasteiger partial charge < -0.3 is 15.5 Å². The molecule has 3 rings (SSSR count). The van der Waals surface area contributed by atoms with Crippen LogP contribution in [0.25, 0.3) is 0 Å². The summed E-state index contributed by atoms with van der Waals surface area (Å²) in [6.07, 6.45) is 7.23. The van der Waals surface area contributed by atoms with E-state index in [2.05, 4.69) is 93.3 Å². The SMILES string of the molecule is CC(C)=CCN(c1ccc(CCc2ccccc2)cc1)C1CCCN(C(=O)C(N)CC(C)C)C1. The molecule has 1 fully saturated rings. The summed E-state index contributed by atoms with van der Waals surface area (Å²) in [5.74, 6) is 0.533. The van der Waals surface area contributed by atoms with E-state index in [1.54, 1.807) is 0 Å². The lowest BCUT2D eigenvalue weighted by molar-refractivity contribution is -0.134. The van der Waals surface area contributed by atoms with E-state index in [-0.39, 0.29) is 5.91 Å². The number of piperidine rings is 1. The van der Waals surface area contributed by atoms with Crippen LogP contribution in [0.1, 0.15) is 58.1 Å². The molecule has 2 atom stereocenters. The highest BCUT2D eigenvalue weighted by molar-refractivity contribution is 5.81. The quantitative estimate of drug-likeness (QED) is 0.468. The van der Waals surface area contributed by atoms with Gasteiger partial charge in [0.15, 0.2) is 0 Å². The van der Waals surface area contributed by atoms with Gasteiger partial charge in [0.1, 0.15) is 0 Å². The molecule has 2 aromatic carbocycles. The van der Waals surface area contributed by atoms with Gasteiger partial charge in [-0.25, -0.2) is 0 Å². The first-order chi connectivity index (χ1) is 16.3. The molecule has 2 unspecified atom stereocenters. The Balaban J connectivity index is 1.70. The molecular formula is C30H43N3O. The number of rotatable bonds is 10. The van der Waals surface area contributed by atoms with Crippen molar-refractivity contribution >= 4 is 11.6 Å². The third kappa shape index (κ3) is 7.73. The van der Waals surface area contributed by atoms with Crippen molar-refractivity contribution in [1.82, 2.24) is 4.90 Å². The summed E-state index contributed by atoms with van der Waals surface area (Å²) in [5.41, 5.74) is 11.5. The first-order valence-corrected chi connectivity index (χ1v) is 12.9. The summed E-state index contributed by atoms with van der Waals surface area (Å²) >= 11 is 0. The standard InChI is InChI=1S/C30H43N3O/c1-23(2)18-20-33(28-11-8-19-32(22-28)30(34)29(31)21-24(3)4)27-16-14-26(15-17-27)13-12-25-9-6-5-7-10-25/h5-7,9-10,14-18,24,28-29H,8,11-13,19-22,31H2,1-4H3. The maximum absolute atomic E-state index is 13.0. The molecule has 0 spiro atoms.